The molecule has 2 atom stereocenters. The number of para-hydroxylation sites is 1. The van der Waals surface area contributed by atoms with E-state index < -0.39 is 17.9 Å². The molecule has 2 N–H and O–H groups in total. The molecule has 168 valence electrons. The van der Waals surface area contributed by atoms with Gasteiger partial charge in [-0.2, -0.15) is 0 Å². The number of hydrogen-bond donors (Lipinski definition) is 2. The summed E-state index contributed by atoms with van der Waals surface area (Å²) >= 11 is 0. The van der Waals surface area contributed by atoms with Crippen LogP contribution in [0.1, 0.15) is 29.7 Å². The molecule has 0 fully saturated rings. The second-order valence-electron chi connectivity index (χ2n) is 8.37. The second kappa shape index (κ2) is 9.28. The first-order valence-electron chi connectivity index (χ1n) is 11.0. The van der Waals surface area contributed by atoms with Gasteiger partial charge in [0.2, 0.25) is 11.8 Å². The van der Waals surface area contributed by atoms with Crippen molar-refractivity contribution < 1.29 is 14.4 Å². The van der Waals surface area contributed by atoms with E-state index >= 15 is 0 Å². The van der Waals surface area contributed by atoms with E-state index in [1.54, 1.807) is 18.9 Å². The lowest BCUT2D eigenvalue weighted by molar-refractivity contribution is -0.136. The lowest BCUT2D eigenvalue weighted by atomic mass is 9.95. The predicted molar refractivity (Wildman–Crippen MR) is 128 cm³/mol. The molecule has 6 nitrogen and oxygen atoms in total. The number of aryl methyl sites for hydroxylation is 1. The molecular weight excluding hydrogens is 414 g/mol. The monoisotopic (exact) mass is 441 g/mol. The van der Waals surface area contributed by atoms with Gasteiger partial charge in [-0.25, -0.2) is 0 Å². The third-order valence-electron chi connectivity index (χ3n) is 6.03. The van der Waals surface area contributed by atoms with Crippen LogP contribution in [0.3, 0.4) is 0 Å². The van der Waals surface area contributed by atoms with E-state index in [0.29, 0.717) is 12.1 Å². The standard InChI is InChI=1S/C27H27N3O3/c1-17-9-8-10-19(15-17)16-28-25(31)18(2)26(32)29-24-22-13-5-4-11-20(22)21-12-6-7-14-23(21)30(3)27(24)33/h4-15,18,24H,16H2,1-3H3,(H,28,31)(H,29,32). The van der Waals surface area contributed by atoms with E-state index in [0.717, 1.165) is 27.9 Å². The van der Waals surface area contributed by atoms with Gasteiger partial charge in [0.05, 0.1) is 5.69 Å². The normalized spacial score (nSPS) is 15.7. The molecule has 0 aromatic heterocycles. The highest BCUT2D eigenvalue weighted by Crippen LogP contribution is 2.39. The molecule has 2 unspecified atom stereocenters. The first kappa shape index (κ1) is 22.3. The molecular formula is C27H27N3O3. The zero-order valence-electron chi connectivity index (χ0n) is 19.0. The van der Waals surface area contributed by atoms with Crippen LogP contribution in [0.2, 0.25) is 0 Å². The summed E-state index contributed by atoms with van der Waals surface area (Å²) in [7, 11) is 1.70. The van der Waals surface area contributed by atoms with Gasteiger partial charge in [0.25, 0.3) is 5.91 Å². The van der Waals surface area contributed by atoms with Gasteiger partial charge in [0, 0.05) is 19.2 Å². The molecule has 4 rings (SSSR count). The number of nitrogens with zero attached hydrogens (tertiary/aromatic N) is 1. The highest BCUT2D eigenvalue weighted by molar-refractivity contribution is 6.07. The van der Waals surface area contributed by atoms with Gasteiger partial charge in [-0.15, -0.1) is 0 Å². The van der Waals surface area contributed by atoms with Crippen molar-refractivity contribution in [3.05, 3.63) is 89.5 Å². The summed E-state index contributed by atoms with van der Waals surface area (Å²) < 4.78 is 0. The van der Waals surface area contributed by atoms with Crippen LogP contribution < -0.4 is 15.5 Å². The molecule has 0 spiro atoms. The number of anilines is 1. The van der Waals surface area contributed by atoms with Crippen molar-refractivity contribution in [2.75, 3.05) is 11.9 Å². The van der Waals surface area contributed by atoms with Crippen LogP contribution >= 0.6 is 0 Å². The minimum absolute atomic E-state index is 0.256. The van der Waals surface area contributed by atoms with Gasteiger partial charge >= 0.3 is 0 Å². The van der Waals surface area contributed by atoms with E-state index in [2.05, 4.69) is 10.6 Å². The summed E-state index contributed by atoms with van der Waals surface area (Å²) in [6, 6.07) is 22.1. The van der Waals surface area contributed by atoms with Crippen LogP contribution in [-0.4, -0.2) is 24.8 Å². The third kappa shape index (κ3) is 4.51. The van der Waals surface area contributed by atoms with Crippen molar-refractivity contribution in [2.45, 2.75) is 26.4 Å². The largest absolute Gasteiger partial charge is 0.351 e. The zero-order valence-corrected chi connectivity index (χ0v) is 19.0. The highest BCUT2D eigenvalue weighted by Gasteiger charge is 2.34. The molecule has 1 aliphatic rings. The Balaban J connectivity index is 1.53. The fraction of sp³-hybridized carbons (Fsp3) is 0.222. The van der Waals surface area contributed by atoms with Crippen LogP contribution in [0.15, 0.2) is 72.8 Å². The number of nitrogens with one attached hydrogen (secondary N) is 2. The Labute approximate surface area is 193 Å². The summed E-state index contributed by atoms with van der Waals surface area (Å²) in [6.45, 7) is 3.87. The number of carbonyl (C=O) groups is 3. The van der Waals surface area contributed by atoms with Crippen LogP contribution in [-0.2, 0) is 20.9 Å². The molecule has 6 heteroatoms. The molecule has 0 saturated carbocycles. The fourth-order valence-electron chi connectivity index (χ4n) is 4.12. The Bertz CT molecular complexity index is 1220. The van der Waals surface area contributed by atoms with E-state index in [1.165, 1.54) is 0 Å². The van der Waals surface area contributed by atoms with Gasteiger partial charge in [-0.05, 0) is 36.6 Å². The quantitative estimate of drug-likeness (QED) is 0.592. The lowest BCUT2D eigenvalue weighted by Crippen LogP contribution is -2.45. The fourth-order valence-corrected chi connectivity index (χ4v) is 4.12. The minimum Gasteiger partial charge on any atom is -0.351 e. The van der Waals surface area contributed by atoms with E-state index in [9.17, 15) is 14.4 Å². The number of hydrogen-bond acceptors (Lipinski definition) is 3. The van der Waals surface area contributed by atoms with Crippen molar-refractivity contribution >= 4 is 23.4 Å². The Kier molecular flexibility index (Phi) is 6.27. The topological polar surface area (TPSA) is 78.5 Å². The molecule has 3 aromatic rings. The van der Waals surface area contributed by atoms with Gasteiger partial charge < -0.3 is 15.5 Å². The molecule has 0 aliphatic carbocycles. The molecule has 3 aromatic carbocycles. The molecule has 33 heavy (non-hydrogen) atoms. The molecule has 1 aliphatic heterocycles. The third-order valence-corrected chi connectivity index (χ3v) is 6.03. The average Bonchev–Trinajstić information content (AvgIpc) is 2.92. The number of likely N-dealkylation sites (N-methyl/N-ethyl adjacent to an activating group) is 1. The second-order valence-corrected chi connectivity index (χ2v) is 8.37. The Morgan fingerprint density at radius 3 is 2.39 bits per heavy atom. The summed E-state index contributed by atoms with van der Waals surface area (Å²) in [6.07, 6.45) is 0. The Morgan fingerprint density at radius 1 is 0.939 bits per heavy atom. The van der Waals surface area contributed by atoms with E-state index in [4.69, 9.17) is 0 Å². The highest BCUT2D eigenvalue weighted by atomic mass is 16.2. The zero-order chi connectivity index (χ0) is 23.5. The minimum atomic E-state index is -0.953. The van der Waals surface area contributed by atoms with Crippen molar-refractivity contribution in [3.63, 3.8) is 0 Å². The summed E-state index contributed by atoms with van der Waals surface area (Å²) in [5.74, 6) is -2.09. The van der Waals surface area contributed by atoms with Crippen LogP contribution in [0.25, 0.3) is 11.1 Å². The number of rotatable bonds is 5. The number of amides is 3. The maximum Gasteiger partial charge on any atom is 0.253 e. The van der Waals surface area contributed by atoms with Crippen molar-refractivity contribution in [1.82, 2.24) is 10.6 Å². The SMILES string of the molecule is Cc1cccc(CNC(=O)C(C)C(=O)NC2C(=O)N(C)c3ccccc3-c3ccccc32)c1. The Morgan fingerprint density at radius 2 is 1.64 bits per heavy atom. The first-order chi connectivity index (χ1) is 15.9. The molecule has 0 saturated heterocycles. The maximum absolute atomic E-state index is 13.4. The van der Waals surface area contributed by atoms with Crippen molar-refractivity contribution in [3.8, 4) is 11.1 Å². The van der Waals surface area contributed by atoms with E-state index in [-0.39, 0.29) is 11.8 Å². The molecule has 0 bridgehead atoms. The van der Waals surface area contributed by atoms with Gasteiger partial charge in [-0.3, -0.25) is 14.4 Å². The molecule has 3 amide bonds. The van der Waals surface area contributed by atoms with E-state index in [1.807, 2.05) is 79.7 Å². The average molecular weight is 442 g/mol. The van der Waals surface area contributed by atoms with Crippen LogP contribution in [0, 0.1) is 12.8 Å². The summed E-state index contributed by atoms with van der Waals surface area (Å²) in [4.78, 5) is 40.6. The number of benzene rings is 3. The van der Waals surface area contributed by atoms with Gasteiger partial charge in [-0.1, -0.05) is 72.3 Å². The predicted octanol–water partition coefficient (Wildman–Crippen LogP) is 3.75. The Hall–Kier alpha value is -3.93. The van der Waals surface area contributed by atoms with Crippen molar-refractivity contribution in [1.29, 1.82) is 0 Å². The summed E-state index contributed by atoms with van der Waals surface area (Å²) in [5.41, 5.74) is 5.35. The number of carbonyl (C=O) groups excluding carboxylic acids is 3. The smallest absolute Gasteiger partial charge is 0.253 e. The van der Waals surface area contributed by atoms with Crippen molar-refractivity contribution in [2.24, 2.45) is 5.92 Å². The maximum atomic E-state index is 13.4. The number of fused-ring (bicyclic) bond motifs is 3. The summed E-state index contributed by atoms with van der Waals surface area (Å²) in [5, 5.41) is 5.64. The van der Waals surface area contributed by atoms with Gasteiger partial charge in [0.1, 0.15) is 12.0 Å². The lowest BCUT2D eigenvalue weighted by Gasteiger charge is -2.24. The van der Waals surface area contributed by atoms with Crippen LogP contribution in [0.5, 0.6) is 0 Å². The first-order valence-corrected chi connectivity index (χ1v) is 11.0. The van der Waals surface area contributed by atoms with Gasteiger partial charge in [0.15, 0.2) is 0 Å². The molecule has 1 heterocycles. The van der Waals surface area contributed by atoms with Crippen LogP contribution in [0.4, 0.5) is 5.69 Å². The molecule has 0 radical (unpaired) electrons.